The maximum atomic E-state index is 9.22. The monoisotopic (exact) mass is 224 g/mol. The largest absolute Gasteiger partial charge is 0.387 e. The van der Waals surface area contributed by atoms with Crippen LogP contribution < -0.4 is 5.73 Å². The van der Waals surface area contributed by atoms with E-state index in [0.717, 1.165) is 0 Å². The average molecular weight is 225 g/mol. The summed E-state index contributed by atoms with van der Waals surface area (Å²) in [5.74, 6) is 5.78. The molecule has 2 rings (SSSR count). The minimum atomic E-state index is -0.519. The molecular formula is C10H9ClN2O2. The zero-order valence-corrected chi connectivity index (χ0v) is 8.53. The predicted octanol–water partition coefficient (Wildman–Crippen LogP) is 0.428. The van der Waals surface area contributed by atoms with Crippen molar-refractivity contribution in [2.24, 2.45) is 0 Å². The number of nitrogen functional groups attached to an aromatic ring is 1. The van der Waals surface area contributed by atoms with Crippen LogP contribution in [0.5, 0.6) is 0 Å². The van der Waals surface area contributed by atoms with Gasteiger partial charge in [-0.3, -0.25) is 0 Å². The number of pyridine rings is 1. The molecule has 0 amide bonds. The normalized spacial score (nSPS) is 23.9. The Morgan fingerprint density at radius 2 is 2.47 bits per heavy atom. The maximum absolute atomic E-state index is 9.22. The summed E-state index contributed by atoms with van der Waals surface area (Å²) in [7, 11) is 0. The van der Waals surface area contributed by atoms with E-state index in [1.165, 1.54) is 6.20 Å². The van der Waals surface area contributed by atoms with E-state index in [0.29, 0.717) is 17.2 Å². The second-order valence-electron chi connectivity index (χ2n) is 3.14. The van der Waals surface area contributed by atoms with E-state index >= 15 is 0 Å². The van der Waals surface area contributed by atoms with Gasteiger partial charge in [-0.05, 0) is 6.07 Å². The molecule has 2 heterocycles. The highest BCUT2D eigenvalue weighted by molar-refractivity contribution is 6.32. The molecule has 0 aromatic carbocycles. The van der Waals surface area contributed by atoms with E-state index in [4.69, 9.17) is 22.1 Å². The van der Waals surface area contributed by atoms with E-state index in [1.54, 1.807) is 6.07 Å². The Morgan fingerprint density at radius 1 is 1.67 bits per heavy atom. The standard InChI is InChI=1S/C10H9ClN2O2/c11-7-3-4-13-10(12)6(7)1-2-9-8(14)5-15-9/h3-4,8-9,14H,5H2,(H2,12,13). The molecule has 0 radical (unpaired) electrons. The van der Waals surface area contributed by atoms with Gasteiger partial charge in [0.25, 0.3) is 0 Å². The third-order valence-electron chi connectivity index (χ3n) is 2.06. The Morgan fingerprint density at radius 3 is 3.00 bits per heavy atom. The fourth-order valence-electron chi connectivity index (χ4n) is 1.14. The molecule has 0 spiro atoms. The number of aliphatic hydroxyl groups excluding tert-OH is 1. The van der Waals surface area contributed by atoms with Gasteiger partial charge in [-0.15, -0.1) is 0 Å². The van der Waals surface area contributed by atoms with Gasteiger partial charge in [0.2, 0.25) is 0 Å². The smallest absolute Gasteiger partial charge is 0.146 e. The fourth-order valence-corrected chi connectivity index (χ4v) is 1.34. The van der Waals surface area contributed by atoms with Crippen molar-refractivity contribution < 1.29 is 9.84 Å². The highest BCUT2D eigenvalue weighted by atomic mass is 35.5. The van der Waals surface area contributed by atoms with Gasteiger partial charge in [0.1, 0.15) is 18.0 Å². The summed E-state index contributed by atoms with van der Waals surface area (Å²) in [6, 6.07) is 1.61. The van der Waals surface area contributed by atoms with Crippen molar-refractivity contribution >= 4 is 17.4 Å². The number of anilines is 1. The van der Waals surface area contributed by atoms with Crippen LogP contribution in [0.4, 0.5) is 5.82 Å². The van der Waals surface area contributed by atoms with Crippen LogP contribution in [-0.4, -0.2) is 28.9 Å². The van der Waals surface area contributed by atoms with Crippen LogP contribution >= 0.6 is 11.6 Å². The molecule has 15 heavy (non-hydrogen) atoms. The molecule has 1 fully saturated rings. The van der Waals surface area contributed by atoms with E-state index < -0.39 is 12.2 Å². The van der Waals surface area contributed by atoms with Gasteiger partial charge in [-0.2, -0.15) is 0 Å². The summed E-state index contributed by atoms with van der Waals surface area (Å²) in [4.78, 5) is 3.87. The zero-order valence-electron chi connectivity index (χ0n) is 7.77. The van der Waals surface area contributed by atoms with Gasteiger partial charge >= 0.3 is 0 Å². The summed E-state index contributed by atoms with van der Waals surface area (Å²) in [5, 5.41) is 9.66. The molecule has 0 bridgehead atoms. The average Bonchev–Trinajstić information content (AvgIpc) is 2.20. The number of halogens is 1. The first-order chi connectivity index (χ1) is 7.18. The van der Waals surface area contributed by atoms with Crippen LogP contribution in [0.3, 0.4) is 0 Å². The van der Waals surface area contributed by atoms with Gasteiger partial charge in [0.05, 0.1) is 17.2 Å². The van der Waals surface area contributed by atoms with Crippen LogP contribution in [0.25, 0.3) is 0 Å². The van der Waals surface area contributed by atoms with Crippen molar-refractivity contribution in [2.45, 2.75) is 12.2 Å². The van der Waals surface area contributed by atoms with E-state index in [-0.39, 0.29) is 5.82 Å². The van der Waals surface area contributed by atoms with E-state index in [2.05, 4.69) is 16.8 Å². The summed E-state index contributed by atoms with van der Waals surface area (Å²) in [6.07, 6.45) is 0.548. The first-order valence-corrected chi connectivity index (χ1v) is 4.77. The topological polar surface area (TPSA) is 68.4 Å². The van der Waals surface area contributed by atoms with Crippen LogP contribution in [0.15, 0.2) is 12.3 Å². The van der Waals surface area contributed by atoms with Gasteiger partial charge in [0, 0.05) is 6.20 Å². The number of aromatic nitrogens is 1. The predicted molar refractivity (Wildman–Crippen MR) is 56.3 cm³/mol. The number of rotatable bonds is 0. The number of aliphatic hydroxyl groups is 1. The molecule has 3 N–H and O–H groups in total. The molecule has 5 heteroatoms. The summed E-state index contributed by atoms with van der Waals surface area (Å²) < 4.78 is 5.02. The molecule has 78 valence electrons. The summed E-state index contributed by atoms with van der Waals surface area (Å²) in [5.41, 5.74) is 6.07. The Bertz CT molecular complexity index is 419. The second-order valence-corrected chi connectivity index (χ2v) is 3.55. The summed E-state index contributed by atoms with van der Waals surface area (Å²) >= 11 is 5.88. The molecular weight excluding hydrogens is 216 g/mol. The summed E-state index contributed by atoms with van der Waals surface area (Å²) in [6.45, 7) is 0.329. The van der Waals surface area contributed by atoms with Crippen LogP contribution in [-0.2, 0) is 4.74 Å². The van der Waals surface area contributed by atoms with Crippen molar-refractivity contribution in [1.29, 1.82) is 0 Å². The Hall–Kier alpha value is -1.28. The lowest BCUT2D eigenvalue weighted by molar-refractivity contribution is -0.132. The van der Waals surface area contributed by atoms with Gasteiger partial charge < -0.3 is 15.6 Å². The van der Waals surface area contributed by atoms with Gasteiger partial charge in [0.15, 0.2) is 0 Å². The zero-order chi connectivity index (χ0) is 10.8. The van der Waals surface area contributed by atoms with E-state index in [1.807, 2.05) is 0 Å². The fraction of sp³-hybridized carbons (Fsp3) is 0.300. The minimum Gasteiger partial charge on any atom is -0.387 e. The highest BCUT2D eigenvalue weighted by Gasteiger charge is 2.27. The lowest BCUT2D eigenvalue weighted by atomic mass is 10.1. The van der Waals surface area contributed by atoms with Crippen LogP contribution in [0, 0.1) is 11.8 Å². The maximum Gasteiger partial charge on any atom is 0.146 e. The van der Waals surface area contributed by atoms with Crippen LogP contribution in [0.2, 0.25) is 5.02 Å². The number of nitrogens with zero attached hydrogens (tertiary/aromatic N) is 1. The van der Waals surface area contributed by atoms with E-state index in [9.17, 15) is 5.11 Å². The van der Waals surface area contributed by atoms with Gasteiger partial charge in [-0.25, -0.2) is 4.98 Å². The minimum absolute atomic E-state index is 0.281. The molecule has 1 aliphatic heterocycles. The number of hydrogen-bond acceptors (Lipinski definition) is 4. The van der Waals surface area contributed by atoms with Crippen molar-refractivity contribution in [1.82, 2.24) is 4.98 Å². The lowest BCUT2D eigenvalue weighted by Gasteiger charge is -2.28. The molecule has 1 aromatic heterocycles. The van der Waals surface area contributed by atoms with Crippen molar-refractivity contribution in [3.8, 4) is 11.8 Å². The Labute approximate surface area is 92.0 Å². The highest BCUT2D eigenvalue weighted by Crippen LogP contribution is 2.19. The van der Waals surface area contributed by atoms with Crippen molar-refractivity contribution in [2.75, 3.05) is 12.3 Å². The molecule has 0 aliphatic carbocycles. The lowest BCUT2D eigenvalue weighted by Crippen LogP contribution is -2.43. The Balaban J connectivity index is 2.23. The molecule has 2 atom stereocenters. The van der Waals surface area contributed by atoms with Gasteiger partial charge in [-0.1, -0.05) is 23.4 Å². The third kappa shape index (κ3) is 2.05. The number of ether oxygens (including phenoxy) is 1. The molecule has 1 saturated heterocycles. The molecule has 2 unspecified atom stereocenters. The van der Waals surface area contributed by atoms with Crippen LogP contribution in [0.1, 0.15) is 5.56 Å². The molecule has 1 aromatic rings. The third-order valence-corrected chi connectivity index (χ3v) is 2.38. The number of hydrogen-bond donors (Lipinski definition) is 2. The molecule has 0 saturated carbocycles. The SMILES string of the molecule is Nc1nccc(Cl)c1C#CC1OCC1O. The second kappa shape index (κ2) is 4.07. The first-order valence-electron chi connectivity index (χ1n) is 4.39. The quantitative estimate of drug-likeness (QED) is 0.627. The molecule has 4 nitrogen and oxygen atoms in total. The van der Waals surface area contributed by atoms with Crippen molar-refractivity contribution in [3.05, 3.63) is 22.8 Å². The number of nitrogens with two attached hydrogens (primary N) is 1. The Kier molecular flexibility index (Phi) is 2.78. The first kappa shape index (κ1) is 10.2. The molecule has 1 aliphatic rings. The van der Waals surface area contributed by atoms with Crippen molar-refractivity contribution in [3.63, 3.8) is 0 Å².